The number of aryl methyl sites for hydroxylation is 1. The number of fused-ring (bicyclic) bond motifs is 1. The van der Waals surface area contributed by atoms with Crippen molar-refractivity contribution in [3.05, 3.63) is 60.0 Å². The third-order valence-electron chi connectivity index (χ3n) is 4.41. The minimum absolute atomic E-state index is 0.0436. The SMILES string of the molecule is Cc1c(S(=O)(=O)CCNC(=O)Nc2ccc(F)cc2)c2ccccc2n1C. The van der Waals surface area contributed by atoms with Gasteiger partial charge in [-0.05, 0) is 37.3 Å². The lowest BCUT2D eigenvalue weighted by Crippen LogP contribution is -2.32. The van der Waals surface area contributed by atoms with E-state index in [-0.39, 0.29) is 12.3 Å². The Morgan fingerprint density at radius 3 is 2.48 bits per heavy atom. The summed E-state index contributed by atoms with van der Waals surface area (Å²) in [4.78, 5) is 12.2. The maximum absolute atomic E-state index is 12.9. The Morgan fingerprint density at radius 2 is 1.78 bits per heavy atom. The third kappa shape index (κ3) is 3.95. The van der Waals surface area contributed by atoms with Gasteiger partial charge < -0.3 is 15.2 Å². The van der Waals surface area contributed by atoms with Gasteiger partial charge in [0.1, 0.15) is 5.82 Å². The highest BCUT2D eigenvalue weighted by Gasteiger charge is 2.24. The number of nitrogens with one attached hydrogen (secondary N) is 2. The molecule has 8 heteroatoms. The van der Waals surface area contributed by atoms with Crippen LogP contribution in [0.3, 0.4) is 0 Å². The van der Waals surface area contributed by atoms with Crippen molar-refractivity contribution in [1.82, 2.24) is 9.88 Å². The first-order valence-corrected chi connectivity index (χ1v) is 10.0. The first kappa shape index (κ1) is 18.9. The van der Waals surface area contributed by atoms with E-state index in [0.29, 0.717) is 21.7 Å². The van der Waals surface area contributed by atoms with E-state index in [4.69, 9.17) is 0 Å². The van der Waals surface area contributed by atoms with Crippen molar-refractivity contribution in [2.45, 2.75) is 11.8 Å². The van der Waals surface area contributed by atoms with Crippen LogP contribution in [0.5, 0.6) is 0 Å². The molecule has 0 saturated heterocycles. The molecule has 2 aromatic carbocycles. The molecule has 0 atom stereocenters. The van der Waals surface area contributed by atoms with Gasteiger partial charge in [0.05, 0.1) is 10.6 Å². The molecule has 3 rings (SSSR count). The Labute approximate surface area is 156 Å². The first-order valence-electron chi connectivity index (χ1n) is 8.37. The number of hydrogen-bond acceptors (Lipinski definition) is 3. The van der Waals surface area contributed by atoms with Gasteiger partial charge in [-0.15, -0.1) is 0 Å². The topological polar surface area (TPSA) is 80.2 Å². The second-order valence-corrected chi connectivity index (χ2v) is 8.24. The van der Waals surface area contributed by atoms with Gasteiger partial charge in [-0.3, -0.25) is 0 Å². The summed E-state index contributed by atoms with van der Waals surface area (Å²) in [7, 11) is -1.76. The van der Waals surface area contributed by atoms with Crippen molar-refractivity contribution >= 4 is 32.5 Å². The van der Waals surface area contributed by atoms with Crippen LogP contribution in [0.2, 0.25) is 0 Å². The number of benzene rings is 2. The van der Waals surface area contributed by atoms with E-state index < -0.39 is 21.7 Å². The molecular weight excluding hydrogens is 369 g/mol. The first-order chi connectivity index (χ1) is 12.8. The second-order valence-electron chi connectivity index (χ2n) is 6.20. The molecule has 0 bridgehead atoms. The Morgan fingerprint density at radius 1 is 1.11 bits per heavy atom. The van der Waals surface area contributed by atoms with Crippen LogP contribution < -0.4 is 10.6 Å². The molecule has 0 saturated carbocycles. The molecule has 0 spiro atoms. The number of halogens is 1. The number of aromatic nitrogens is 1. The zero-order chi connectivity index (χ0) is 19.6. The number of hydrogen-bond donors (Lipinski definition) is 2. The van der Waals surface area contributed by atoms with Crippen molar-refractivity contribution in [2.24, 2.45) is 7.05 Å². The van der Waals surface area contributed by atoms with Crippen molar-refractivity contribution < 1.29 is 17.6 Å². The van der Waals surface area contributed by atoms with E-state index in [1.807, 2.05) is 23.7 Å². The van der Waals surface area contributed by atoms with Crippen LogP contribution >= 0.6 is 0 Å². The van der Waals surface area contributed by atoms with Crippen LogP contribution in [0, 0.1) is 12.7 Å². The number of rotatable bonds is 5. The third-order valence-corrected chi connectivity index (χ3v) is 6.29. The van der Waals surface area contributed by atoms with Crippen LogP contribution in [0.4, 0.5) is 14.9 Å². The molecule has 142 valence electrons. The highest BCUT2D eigenvalue weighted by atomic mass is 32.2. The summed E-state index contributed by atoms with van der Waals surface area (Å²) in [6.45, 7) is 1.72. The van der Waals surface area contributed by atoms with Crippen LogP contribution in [0.1, 0.15) is 5.69 Å². The summed E-state index contributed by atoms with van der Waals surface area (Å²) >= 11 is 0. The zero-order valence-corrected chi connectivity index (χ0v) is 15.8. The number of sulfone groups is 1. The zero-order valence-electron chi connectivity index (χ0n) is 15.0. The summed E-state index contributed by atoms with van der Waals surface area (Å²) < 4.78 is 40.4. The fourth-order valence-electron chi connectivity index (χ4n) is 2.99. The minimum Gasteiger partial charge on any atom is -0.347 e. The molecule has 1 aromatic heterocycles. The Hall–Kier alpha value is -2.87. The van der Waals surface area contributed by atoms with Crippen LogP contribution in [-0.4, -0.2) is 31.3 Å². The van der Waals surface area contributed by atoms with Gasteiger partial charge in [-0.25, -0.2) is 17.6 Å². The predicted molar refractivity (Wildman–Crippen MR) is 103 cm³/mol. The lowest BCUT2D eigenvalue weighted by molar-refractivity contribution is 0.252. The van der Waals surface area contributed by atoms with Crippen molar-refractivity contribution in [3.8, 4) is 0 Å². The van der Waals surface area contributed by atoms with Crippen molar-refractivity contribution in [1.29, 1.82) is 0 Å². The fourth-order valence-corrected chi connectivity index (χ4v) is 4.66. The monoisotopic (exact) mass is 389 g/mol. The highest BCUT2D eigenvalue weighted by Crippen LogP contribution is 2.29. The van der Waals surface area contributed by atoms with Gasteiger partial charge in [-0.1, -0.05) is 18.2 Å². The average Bonchev–Trinajstić information content (AvgIpc) is 2.89. The molecule has 27 heavy (non-hydrogen) atoms. The molecule has 0 unspecified atom stereocenters. The molecular formula is C19H20FN3O3S. The summed E-state index contributed by atoms with van der Waals surface area (Å²) in [5.41, 5.74) is 1.92. The number of carbonyl (C=O) groups excluding carboxylic acids is 1. The van der Waals surface area contributed by atoms with Crippen LogP contribution in [-0.2, 0) is 16.9 Å². The second kappa shape index (κ2) is 7.40. The van der Waals surface area contributed by atoms with Crippen LogP contribution in [0.15, 0.2) is 53.4 Å². The number of anilines is 1. The number of carbonyl (C=O) groups is 1. The molecule has 2 N–H and O–H groups in total. The average molecular weight is 389 g/mol. The fraction of sp³-hybridized carbons (Fsp3) is 0.211. The summed E-state index contributed by atoms with van der Waals surface area (Å²) in [5.74, 6) is -0.629. The Kier molecular flexibility index (Phi) is 5.18. The molecule has 0 aliphatic rings. The smallest absolute Gasteiger partial charge is 0.319 e. The lowest BCUT2D eigenvalue weighted by Gasteiger charge is -2.09. The molecule has 0 aliphatic carbocycles. The van der Waals surface area contributed by atoms with Gasteiger partial charge in [0.25, 0.3) is 0 Å². The van der Waals surface area contributed by atoms with Gasteiger partial charge >= 0.3 is 6.03 Å². The van der Waals surface area contributed by atoms with Gasteiger partial charge in [0.2, 0.25) is 0 Å². The molecule has 0 radical (unpaired) electrons. The maximum Gasteiger partial charge on any atom is 0.319 e. The van der Waals surface area contributed by atoms with Gasteiger partial charge in [0, 0.05) is 35.9 Å². The highest BCUT2D eigenvalue weighted by molar-refractivity contribution is 7.91. The summed E-state index contributed by atoms with van der Waals surface area (Å²) in [5, 5.41) is 5.72. The van der Waals surface area contributed by atoms with Crippen molar-refractivity contribution in [3.63, 3.8) is 0 Å². The predicted octanol–water partition coefficient (Wildman–Crippen LogP) is 3.22. The van der Waals surface area contributed by atoms with Crippen molar-refractivity contribution in [2.75, 3.05) is 17.6 Å². The number of nitrogens with zero attached hydrogens (tertiary/aromatic N) is 1. The quantitative estimate of drug-likeness (QED) is 0.703. The van der Waals surface area contributed by atoms with E-state index in [1.165, 1.54) is 24.3 Å². The number of amides is 2. The van der Waals surface area contributed by atoms with E-state index in [0.717, 1.165) is 5.52 Å². The molecule has 6 nitrogen and oxygen atoms in total. The summed E-state index contributed by atoms with van der Waals surface area (Å²) in [6.07, 6.45) is 0. The normalized spacial score (nSPS) is 11.5. The van der Waals surface area contributed by atoms with Gasteiger partial charge in [0.15, 0.2) is 9.84 Å². The van der Waals surface area contributed by atoms with E-state index in [2.05, 4.69) is 10.6 Å². The number of para-hydroxylation sites is 1. The van der Waals surface area contributed by atoms with Crippen LogP contribution in [0.25, 0.3) is 10.9 Å². The van der Waals surface area contributed by atoms with E-state index >= 15 is 0 Å². The van der Waals surface area contributed by atoms with E-state index in [9.17, 15) is 17.6 Å². The van der Waals surface area contributed by atoms with Gasteiger partial charge in [-0.2, -0.15) is 0 Å². The Bertz CT molecular complexity index is 1090. The number of urea groups is 1. The lowest BCUT2D eigenvalue weighted by atomic mass is 10.2. The molecule has 2 amide bonds. The largest absolute Gasteiger partial charge is 0.347 e. The Balaban J connectivity index is 1.68. The molecule has 1 heterocycles. The molecule has 3 aromatic rings. The summed E-state index contributed by atoms with van der Waals surface area (Å²) in [6, 6.07) is 12.1. The minimum atomic E-state index is -3.58. The standard InChI is InChI=1S/C19H20FN3O3S/c1-13-18(16-5-3-4-6-17(16)23(13)2)27(25,26)12-11-21-19(24)22-15-9-7-14(20)8-10-15/h3-10H,11-12H2,1-2H3,(H2,21,22,24). The maximum atomic E-state index is 12.9. The van der Waals surface area contributed by atoms with E-state index in [1.54, 1.807) is 19.1 Å². The molecule has 0 aliphatic heterocycles. The molecule has 0 fully saturated rings.